The number of benzene rings is 2. The van der Waals surface area contributed by atoms with Crippen LogP contribution in [0.3, 0.4) is 0 Å². The van der Waals surface area contributed by atoms with Gasteiger partial charge in [0.15, 0.2) is 0 Å². The summed E-state index contributed by atoms with van der Waals surface area (Å²) in [5, 5.41) is 13.8. The van der Waals surface area contributed by atoms with E-state index in [1.165, 1.54) is 0 Å². The standard InChI is InChI=1S/C24H21N5O2/c1-16-9-11-18(12-10-16)22-26-20(14-25)24(30-22)29-13-5-8-19(15-29)23-27-21(28-31-23)17-6-3-2-4-7-17/h2-4,6-7,9-12,19H,5,8,13,15H2,1H3. The van der Waals surface area contributed by atoms with E-state index in [0.717, 1.165) is 36.1 Å². The van der Waals surface area contributed by atoms with Crippen LogP contribution < -0.4 is 4.90 Å². The summed E-state index contributed by atoms with van der Waals surface area (Å²) < 4.78 is 11.6. The van der Waals surface area contributed by atoms with Crippen LogP contribution in [0, 0.1) is 18.3 Å². The van der Waals surface area contributed by atoms with E-state index < -0.39 is 0 Å². The Labute approximate surface area is 180 Å². The normalized spacial score (nSPS) is 16.3. The van der Waals surface area contributed by atoms with Crippen molar-refractivity contribution in [2.75, 3.05) is 18.0 Å². The topological polar surface area (TPSA) is 92.0 Å². The molecule has 2 aromatic heterocycles. The van der Waals surface area contributed by atoms with Crippen molar-refractivity contribution in [3.63, 3.8) is 0 Å². The van der Waals surface area contributed by atoms with Crippen molar-refractivity contribution < 1.29 is 8.94 Å². The molecule has 0 saturated carbocycles. The predicted molar refractivity (Wildman–Crippen MR) is 115 cm³/mol. The van der Waals surface area contributed by atoms with Crippen LogP contribution in [0.2, 0.25) is 0 Å². The summed E-state index contributed by atoms with van der Waals surface area (Å²) in [6.45, 7) is 3.45. The van der Waals surface area contributed by atoms with Gasteiger partial charge in [-0.25, -0.2) is 0 Å². The molecular weight excluding hydrogens is 390 g/mol. The number of hydrogen-bond acceptors (Lipinski definition) is 7. The number of aryl methyl sites for hydroxylation is 1. The SMILES string of the molecule is Cc1ccc(-c2nc(C#N)c(N3CCCC(c4nc(-c5ccccc5)no4)C3)o2)cc1. The van der Waals surface area contributed by atoms with E-state index in [4.69, 9.17) is 8.94 Å². The predicted octanol–water partition coefficient (Wildman–Crippen LogP) is 4.96. The first-order valence-electron chi connectivity index (χ1n) is 10.3. The van der Waals surface area contributed by atoms with E-state index in [0.29, 0.717) is 35.7 Å². The molecular formula is C24H21N5O2. The van der Waals surface area contributed by atoms with Crippen LogP contribution in [0.1, 0.15) is 35.9 Å². The van der Waals surface area contributed by atoms with Gasteiger partial charge in [0.1, 0.15) is 6.07 Å². The lowest BCUT2D eigenvalue weighted by molar-refractivity contribution is 0.330. The third kappa shape index (κ3) is 3.80. The number of aromatic nitrogens is 3. The Morgan fingerprint density at radius 1 is 1.03 bits per heavy atom. The largest absolute Gasteiger partial charge is 0.419 e. The summed E-state index contributed by atoms with van der Waals surface area (Å²) in [5.74, 6) is 2.23. The Morgan fingerprint density at radius 2 is 1.84 bits per heavy atom. The van der Waals surface area contributed by atoms with Crippen LogP contribution >= 0.6 is 0 Å². The van der Waals surface area contributed by atoms with Gasteiger partial charge in [0.25, 0.3) is 0 Å². The lowest BCUT2D eigenvalue weighted by atomic mass is 9.98. The molecule has 31 heavy (non-hydrogen) atoms. The van der Waals surface area contributed by atoms with Gasteiger partial charge in [-0.15, -0.1) is 0 Å². The van der Waals surface area contributed by atoms with Crippen molar-refractivity contribution in [1.29, 1.82) is 5.26 Å². The van der Waals surface area contributed by atoms with E-state index in [9.17, 15) is 5.26 Å². The number of anilines is 1. The summed E-state index contributed by atoms with van der Waals surface area (Å²) in [5.41, 5.74) is 3.23. The van der Waals surface area contributed by atoms with Crippen LogP contribution in [0.5, 0.6) is 0 Å². The molecule has 7 heteroatoms. The lowest BCUT2D eigenvalue weighted by Crippen LogP contribution is -2.34. The highest BCUT2D eigenvalue weighted by Crippen LogP contribution is 2.34. The first-order chi connectivity index (χ1) is 15.2. The van der Waals surface area contributed by atoms with Crippen LogP contribution in [0.15, 0.2) is 63.5 Å². The fourth-order valence-electron chi connectivity index (χ4n) is 3.89. The molecule has 0 N–H and O–H groups in total. The fourth-order valence-corrected chi connectivity index (χ4v) is 3.89. The maximum absolute atomic E-state index is 9.63. The number of hydrogen-bond donors (Lipinski definition) is 0. The van der Waals surface area contributed by atoms with Crippen molar-refractivity contribution in [3.8, 4) is 28.9 Å². The third-order valence-electron chi connectivity index (χ3n) is 5.55. The van der Waals surface area contributed by atoms with Crippen LogP contribution in [-0.4, -0.2) is 28.2 Å². The minimum absolute atomic E-state index is 0.0678. The van der Waals surface area contributed by atoms with E-state index >= 15 is 0 Å². The number of piperidine rings is 1. The molecule has 7 nitrogen and oxygen atoms in total. The second kappa shape index (κ2) is 8.07. The van der Waals surface area contributed by atoms with E-state index in [-0.39, 0.29) is 5.92 Å². The van der Waals surface area contributed by atoms with Crippen molar-refractivity contribution in [3.05, 3.63) is 71.7 Å². The van der Waals surface area contributed by atoms with E-state index in [1.807, 2.05) is 61.5 Å². The van der Waals surface area contributed by atoms with Gasteiger partial charge in [0.05, 0.1) is 5.92 Å². The third-order valence-corrected chi connectivity index (χ3v) is 5.55. The monoisotopic (exact) mass is 411 g/mol. The van der Waals surface area contributed by atoms with E-state index in [2.05, 4.69) is 26.1 Å². The highest BCUT2D eigenvalue weighted by Gasteiger charge is 2.30. The molecule has 3 heterocycles. The minimum Gasteiger partial charge on any atom is -0.419 e. The van der Waals surface area contributed by atoms with Gasteiger partial charge in [-0.3, -0.25) is 0 Å². The Hall–Kier alpha value is -3.92. The average molecular weight is 411 g/mol. The summed E-state index contributed by atoms with van der Waals surface area (Å²) in [4.78, 5) is 11.1. The van der Waals surface area contributed by atoms with Crippen LogP contribution in [-0.2, 0) is 0 Å². The lowest BCUT2D eigenvalue weighted by Gasteiger charge is -2.30. The second-order valence-electron chi connectivity index (χ2n) is 7.76. The maximum Gasteiger partial charge on any atom is 0.235 e. The second-order valence-corrected chi connectivity index (χ2v) is 7.76. The molecule has 0 spiro atoms. The van der Waals surface area contributed by atoms with Crippen molar-refractivity contribution >= 4 is 5.88 Å². The summed E-state index contributed by atoms with van der Waals surface area (Å²) in [6, 6.07) is 19.9. The Balaban J connectivity index is 1.39. The van der Waals surface area contributed by atoms with Crippen LogP contribution in [0.25, 0.3) is 22.8 Å². The Kier molecular flexibility index (Phi) is 4.97. The Morgan fingerprint density at radius 3 is 2.61 bits per heavy atom. The smallest absolute Gasteiger partial charge is 0.235 e. The summed E-state index contributed by atoms with van der Waals surface area (Å²) in [6.07, 6.45) is 1.87. The zero-order valence-electron chi connectivity index (χ0n) is 17.2. The maximum atomic E-state index is 9.63. The first-order valence-corrected chi connectivity index (χ1v) is 10.3. The molecule has 1 saturated heterocycles. The molecule has 1 aliphatic heterocycles. The first kappa shape index (κ1) is 19.1. The number of nitriles is 1. The molecule has 1 unspecified atom stereocenters. The molecule has 1 atom stereocenters. The zero-order valence-corrected chi connectivity index (χ0v) is 17.2. The molecule has 1 aliphatic rings. The van der Waals surface area contributed by atoms with Gasteiger partial charge in [0.2, 0.25) is 29.2 Å². The molecule has 0 amide bonds. The van der Waals surface area contributed by atoms with Gasteiger partial charge < -0.3 is 13.8 Å². The summed E-state index contributed by atoms with van der Waals surface area (Å²) >= 11 is 0. The average Bonchev–Trinajstić information content (AvgIpc) is 3.48. The van der Waals surface area contributed by atoms with Gasteiger partial charge in [-0.2, -0.15) is 15.2 Å². The highest BCUT2D eigenvalue weighted by atomic mass is 16.5. The van der Waals surface area contributed by atoms with E-state index in [1.54, 1.807) is 0 Å². The van der Waals surface area contributed by atoms with Crippen molar-refractivity contribution in [2.45, 2.75) is 25.7 Å². The fraction of sp³-hybridized carbons (Fsp3) is 0.250. The van der Waals surface area contributed by atoms with Gasteiger partial charge in [-0.1, -0.05) is 53.2 Å². The quantitative estimate of drug-likeness (QED) is 0.469. The van der Waals surface area contributed by atoms with Crippen LogP contribution in [0.4, 0.5) is 5.88 Å². The molecule has 1 fully saturated rings. The number of rotatable bonds is 4. The minimum atomic E-state index is 0.0678. The number of nitrogens with zero attached hydrogens (tertiary/aromatic N) is 5. The van der Waals surface area contributed by atoms with Gasteiger partial charge in [0, 0.05) is 24.2 Å². The molecule has 5 rings (SSSR count). The molecule has 0 radical (unpaired) electrons. The van der Waals surface area contributed by atoms with Gasteiger partial charge >= 0.3 is 0 Å². The molecule has 154 valence electrons. The highest BCUT2D eigenvalue weighted by molar-refractivity contribution is 5.60. The Bertz CT molecular complexity index is 1220. The number of oxazole rings is 1. The van der Waals surface area contributed by atoms with Crippen molar-refractivity contribution in [2.24, 2.45) is 0 Å². The van der Waals surface area contributed by atoms with Gasteiger partial charge in [-0.05, 0) is 31.9 Å². The zero-order chi connectivity index (χ0) is 21.2. The molecule has 0 bridgehead atoms. The molecule has 2 aromatic carbocycles. The summed E-state index contributed by atoms with van der Waals surface area (Å²) in [7, 11) is 0. The van der Waals surface area contributed by atoms with Crippen molar-refractivity contribution in [1.82, 2.24) is 15.1 Å². The molecule has 4 aromatic rings. The molecule has 0 aliphatic carbocycles.